The fraction of sp³-hybridized carbons (Fsp3) is 0.407. The van der Waals surface area contributed by atoms with Crippen molar-refractivity contribution in [1.29, 1.82) is 0 Å². The summed E-state index contributed by atoms with van der Waals surface area (Å²) in [5.41, 5.74) is 6.55. The average molecular weight is 533 g/mol. The fourth-order valence-electron chi connectivity index (χ4n) is 4.78. The van der Waals surface area contributed by atoms with Crippen LogP contribution in [-0.4, -0.2) is 42.8 Å². The molecule has 38 heavy (non-hydrogen) atoms. The van der Waals surface area contributed by atoms with Crippen LogP contribution < -0.4 is 16.0 Å². The summed E-state index contributed by atoms with van der Waals surface area (Å²) in [6.07, 6.45) is -6.30. The first-order valence-electron chi connectivity index (χ1n) is 12.3. The lowest BCUT2D eigenvalue weighted by Gasteiger charge is -2.27. The highest BCUT2D eigenvalue weighted by Gasteiger charge is 2.41. The van der Waals surface area contributed by atoms with Crippen molar-refractivity contribution < 1.29 is 31.9 Å². The molecule has 0 radical (unpaired) electrons. The van der Waals surface area contributed by atoms with E-state index in [1.807, 2.05) is 0 Å². The third-order valence-electron chi connectivity index (χ3n) is 6.94. The van der Waals surface area contributed by atoms with Gasteiger partial charge >= 0.3 is 6.18 Å². The number of nitrogens with two attached hydrogens (primary N) is 1. The van der Waals surface area contributed by atoms with Crippen LogP contribution in [0.2, 0.25) is 0 Å². The van der Waals surface area contributed by atoms with Crippen LogP contribution in [0.1, 0.15) is 43.2 Å². The van der Waals surface area contributed by atoms with Crippen molar-refractivity contribution in [2.24, 2.45) is 28.5 Å². The third kappa shape index (κ3) is 6.20. The molecular formula is C27H28F4N4O3. The Morgan fingerprint density at radius 3 is 2.39 bits per heavy atom. The molecule has 0 spiro atoms. The zero-order valence-electron chi connectivity index (χ0n) is 20.7. The molecule has 1 aliphatic carbocycles. The highest BCUT2D eigenvalue weighted by atomic mass is 19.4. The summed E-state index contributed by atoms with van der Waals surface area (Å²) in [6.45, 7) is 0. The standard InChI is InChI=1S/C27H28F4N4O3/c1-35-22-18(8-5-9-20(22)28)21(16-6-3-2-4-7-16)33-24(26(35)38)34-25(37)17(12-13-27(29,30)31)19(23(32)36)14-15-10-11-15/h2-9,15,17,19,24H,10-14H2,1H3,(H2,32,36)(H,34,37)/t17-,19?,24-/m1/s1. The molecule has 1 heterocycles. The maximum absolute atomic E-state index is 14.9. The Labute approximate surface area is 217 Å². The fourth-order valence-corrected chi connectivity index (χ4v) is 4.78. The van der Waals surface area contributed by atoms with Gasteiger partial charge in [-0.25, -0.2) is 9.38 Å². The molecule has 0 saturated heterocycles. The average Bonchev–Trinajstić information content (AvgIpc) is 3.69. The largest absolute Gasteiger partial charge is 0.389 e. The molecule has 0 aromatic heterocycles. The Balaban J connectivity index is 1.71. The number of fused-ring (bicyclic) bond motifs is 1. The minimum atomic E-state index is -4.56. The number of primary amides is 1. The number of carbonyl (C=O) groups excluding carboxylic acids is 3. The number of aliphatic imine (C=N–C) groups is 1. The molecule has 3 amide bonds. The van der Waals surface area contributed by atoms with Crippen molar-refractivity contribution in [1.82, 2.24) is 5.32 Å². The lowest BCUT2D eigenvalue weighted by molar-refractivity contribution is -0.146. The first-order valence-corrected chi connectivity index (χ1v) is 12.3. The molecule has 1 unspecified atom stereocenters. The Kier molecular flexibility index (Phi) is 7.84. The second kappa shape index (κ2) is 10.9. The predicted octanol–water partition coefficient (Wildman–Crippen LogP) is 3.94. The molecule has 7 nitrogen and oxygen atoms in total. The Morgan fingerprint density at radius 2 is 1.79 bits per heavy atom. The van der Waals surface area contributed by atoms with Gasteiger partial charge in [0.25, 0.3) is 5.91 Å². The van der Waals surface area contributed by atoms with Crippen LogP contribution in [0.25, 0.3) is 0 Å². The number of hydrogen-bond donors (Lipinski definition) is 2. The molecule has 2 aromatic carbocycles. The number of nitrogens with zero attached hydrogens (tertiary/aromatic N) is 2. The number of benzodiazepines with no additional fused rings is 1. The minimum Gasteiger partial charge on any atom is -0.369 e. The molecule has 3 N–H and O–H groups in total. The van der Waals surface area contributed by atoms with Gasteiger partial charge in [-0.15, -0.1) is 0 Å². The number of carbonyl (C=O) groups is 3. The number of hydrogen-bond acceptors (Lipinski definition) is 4. The molecule has 11 heteroatoms. The monoisotopic (exact) mass is 532 g/mol. The van der Waals surface area contributed by atoms with Gasteiger partial charge < -0.3 is 16.0 Å². The smallest absolute Gasteiger partial charge is 0.369 e. The van der Waals surface area contributed by atoms with Gasteiger partial charge in [0, 0.05) is 36.4 Å². The van der Waals surface area contributed by atoms with Crippen molar-refractivity contribution in [3.8, 4) is 0 Å². The van der Waals surface area contributed by atoms with Crippen molar-refractivity contribution >= 4 is 29.1 Å². The van der Waals surface area contributed by atoms with Crippen LogP contribution in [-0.2, 0) is 14.4 Å². The Bertz CT molecular complexity index is 1240. The van der Waals surface area contributed by atoms with Crippen molar-refractivity contribution in [2.45, 2.75) is 44.4 Å². The van der Waals surface area contributed by atoms with Crippen LogP contribution in [0.4, 0.5) is 23.2 Å². The second-order valence-corrected chi connectivity index (χ2v) is 9.74. The zero-order valence-corrected chi connectivity index (χ0v) is 20.7. The highest BCUT2D eigenvalue weighted by molar-refractivity contribution is 6.20. The summed E-state index contributed by atoms with van der Waals surface area (Å²) in [5.74, 6) is -5.71. The van der Waals surface area contributed by atoms with E-state index >= 15 is 0 Å². The van der Waals surface area contributed by atoms with Crippen LogP contribution in [0, 0.1) is 23.6 Å². The van der Waals surface area contributed by atoms with E-state index in [9.17, 15) is 31.9 Å². The van der Waals surface area contributed by atoms with Gasteiger partial charge in [0.15, 0.2) is 0 Å². The number of nitrogens with one attached hydrogen (secondary N) is 1. The summed E-state index contributed by atoms with van der Waals surface area (Å²) >= 11 is 0. The van der Waals surface area contributed by atoms with E-state index in [-0.39, 0.29) is 23.7 Å². The van der Waals surface area contributed by atoms with Crippen LogP contribution in [0.5, 0.6) is 0 Å². The number of alkyl halides is 3. The van der Waals surface area contributed by atoms with Gasteiger partial charge in [0.2, 0.25) is 18.0 Å². The SMILES string of the molecule is CN1C(=O)[C@@H](NC(=O)[C@H](CCC(F)(F)F)C(CC2CC2)C(N)=O)N=C(c2ccccc2)c2cccc(F)c21. The molecule has 202 valence electrons. The van der Waals surface area contributed by atoms with Gasteiger partial charge in [0.05, 0.1) is 11.4 Å². The van der Waals surface area contributed by atoms with Gasteiger partial charge in [-0.1, -0.05) is 55.3 Å². The summed E-state index contributed by atoms with van der Waals surface area (Å²) in [4.78, 5) is 44.5. The third-order valence-corrected chi connectivity index (χ3v) is 6.94. The summed E-state index contributed by atoms with van der Waals surface area (Å²) in [5, 5.41) is 2.44. The lowest BCUT2D eigenvalue weighted by Crippen LogP contribution is -2.50. The lowest BCUT2D eigenvalue weighted by atomic mass is 9.83. The van der Waals surface area contributed by atoms with Gasteiger partial charge in [-0.3, -0.25) is 14.4 Å². The molecule has 2 aromatic rings. The normalized spacial score (nSPS) is 19.2. The molecule has 0 bridgehead atoms. The van der Waals surface area contributed by atoms with Gasteiger partial charge in [-0.2, -0.15) is 13.2 Å². The number of benzene rings is 2. The summed E-state index contributed by atoms with van der Waals surface area (Å²) < 4.78 is 54.2. The molecule has 1 saturated carbocycles. The molecule has 1 aliphatic heterocycles. The predicted molar refractivity (Wildman–Crippen MR) is 133 cm³/mol. The Morgan fingerprint density at radius 1 is 1.11 bits per heavy atom. The van der Waals surface area contributed by atoms with Crippen molar-refractivity contribution in [2.75, 3.05) is 11.9 Å². The summed E-state index contributed by atoms with van der Waals surface area (Å²) in [6, 6.07) is 12.9. The number of halogens is 4. The molecular weight excluding hydrogens is 504 g/mol. The van der Waals surface area contributed by atoms with Crippen molar-refractivity contribution in [3.63, 3.8) is 0 Å². The topological polar surface area (TPSA) is 105 Å². The van der Waals surface area contributed by atoms with E-state index in [1.165, 1.54) is 19.2 Å². The quantitative estimate of drug-likeness (QED) is 0.478. The molecule has 3 atom stereocenters. The number of para-hydroxylation sites is 1. The van der Waals surface area contributed by atoms with Gasteiger partial charge in [-0.05, 0) is 24.8 Å². The van der Waals surface area contributed by atoms with Crippen LogP contribution in [0.15, 0.2) is 53.5 Å². The van der Waals surface area contributed by atoms with Gasteiger partial charge in [0.1, 0.15) is 5.82 Å². The maximum Gasteiger partial charge on any atom is 0.389 e. The number of anilines is 1. The summed E-state index contributed by atoms with van der Waals surface area (Å²) in [7, 11) is 1.33. The zero-order chi connectivity index (χ0) is 27.6. The Hall–Kier alpha value is -3.76. The first-order chi connectivity index (χ1) is 18.0. The molecule has 1 fully saturated rings. The second-order valence-electron chi connectivity index (χ2n) is 9.74. The molecule has 4 rings (SSSR count). The molecule has 2 aliphatic rings. The van der Waals surface area contributed by atoms with E-state index in [0.29, 0.717) is 11.1 Å². The van der Waals surface area contributed by atoms with Crippen LogP contribution >= 0.6 is 0 Å². The number of likely N-dealkylation sites (N-methyl/N-ethyl adjacent to an activating group) is 1. The van der Waals surface area contributed by atoms with E-state index in [4.69, 9.17) is 5.73 Å². The van der Waals surface area contributed by atoms with E-state index in [1.54, 1.807) is 36.4 Å². The number of amides is 3. The maximum atomic E-state index is 14.9. The van der Waals surface area contributed by atoms with Crippen molar-refractivity contribution in [3.05, 3.63) is 65.5 Å². The van der Waals surface area contributed by atoms with E-state index in [0.717, 1.165) is 17.7 Å². The first kappa shape index (κ1) is 27.3. The minimum absolute atomic E-state index is 0.0470. The number of rotatable bonds is 9. The highest BCUT2D eigenvalue weighted by Crippen LogP contribution is 2.39. The van der Waals surface area contributed by atoms with E-state index < -0.39 is 60.6 Å². The van der Waals surface area contributed by atoms with Crippen LogP contribution in [0.3, 0.4) is 0 Å². The van der Waals surface area contributed by atoms with E-state index in [2.05, 4.69) is 10.3 Å².